The van der Waals surface area contributed by atoms with E-state index >= 15 is 0 Å². The van der Waals surface area contributed by atoms with Crippen LogP contribution in [0.3, 0.4) is 0 Å². The average molecular weight is 324 g/mol. The van der Waals surface area contributed by atoms with Crippen molar-refractivity contribution in [2.24, 2.45) is 0 Å². The summed E-state index contributed by atoms with van der Waals surface area (Å²) in [5.41, 5.74) is 0.289. The van der Waals surface area contributed by atoms with Crippen LogP contribution in [0.5, 0.6) is 0 Å². The van der Waals surface area contributed by atoms with Crippen LogP contribution in [-0.4, -0.2) is 29.4 Å². The maximum atomic E-state index is 12.5. The molecule has 0 aromatic carbocycles. The molecular weight excluding hydrogens is 306 g/mol. The number of carbonyl (C=O) groups is 1. The Hall–Kier alpha value is -1.59. The summed E-state index contributed by atoms with van der Waals surface area (Å²) < 4.78 is 0. The summed E-state index contributed by atoms with van der Waals surface area (Å²) in [5, 5.41) is 5.53. The first-order valence-electron chi connectivity index (χ1n) is 6.80. The Bertz CT molecular complexity index is 601. The molecule has 2 rings (SSSR count). The van der Waals surface area contributed by atoms with Gasteiger partial charge in [0.2, 0.25) is 0 Å². The highest BCUT2D eigenvalue weighted by molar-refractivity contribution is 7.09. The number of halogens is 1. The molecule has 4 nitrogen and oxygen atoms in total. The van der Waals surface area contributed by atoms with Gasteiger partial charge in [-0.3, -0.25) is 4.79 Å². The van der Waals surface area contributed by atoms with E-state index in [9.17, 15) is 4.79 Å². The van der Waals surface area contributed by atoms with Gasteiger partial charge < -0.3 is 10.2 Å². The van der Waals surface area contributed by atoms with Gasteiger partial charge in [-0.25, -0.2) is 4.98 Å². The molecular formula is C15H18ClN3OS. The number of amides is 1. The summed E-state index contributed by atoms with van der Waals surface area (Å²) in [6, 6.07) is 7.47. The Morgan fingerprint density at radius 1 is 1.43 bits per heavy atom. The predicted molar refractivity (Wildman–Crippen MR) is 88.1 cm³/mol. The SMILES string of the molecule is CCCNc1ccc(Cl)c(C(=O)N(C)Cc2cccs2)n1. The second kappa shape index (κ2) is 7.43. The van der Waals surface area contributed by atoms with Crippen molar-refractivity contribution in [1.29, 1.82) is 0 Å². The van der Waals surface area contributed by atoms with Gasteiger partial charge in [0, 0.05) is 18.5 Å². The second-order valence-corrected chi connectivity index (χ2v) is 6.13. The molecule has 0 fully saturated rings. The first kappa shape index (κ1) is 15.8. The van der Waals surface area contributed by atoms with Gasteiger partial charge in [-0.05, 0) is 30.0 Å². The van der Waals surface area contributed by atoms with Crippen molar-refractivity contribution < 1.29 is 4.79 Å². The number of aromatic nitrogens is 1. The lowest BCUT2D eigenvalue weighted by Gasteiger charge is -2.17. The molecule has 6 heteroatoms. The maximum Gasteiger partial charge on any atom is 0.274 e. The smallest absolute Gasteiger partial charge is 0.274 e. The minimum Gasteiger partial charge on any atom is -0.370 e. The zero-order valence-corrected chi connectivity index (χ0v) is 13.7. The van der Waals surface area contributed by atoms with E-state index in [4.69, 9.17) is 11.6 Å². The Morgan fingerprint density at radius 3 is 2.90 bits per heavy atom. The van der Waals surface area contributed by atoms with Gasteiger partial charge in [-0.1, -0.05) is 24.6 Å². The third kappa shape index (κ3) is 4.19. The molecule has 1 N–H and O–H groups in total. The Balaban J connectivity index is 2.13. The molecule has 0 bridgehead atoms. The minimum atomic E-state index is -0.173. The van der Waals surface area contributed by atoms with Crippen LogP contribution in [0.1, 0.15) is 28.7 Å². The standard InChI is InChI=1S/C15H18ClN3OS/c1-3-8-17-13-7-6-12(16)14(18-13)15(20)19(2)10-11-5-4-9-21-11/h4-7,9H,3,8,10H2,1-2H3,(H,17,18). The van der Waals surface area contributed by atoms with Gasteiger partial charge >= 0.3 is 0 Å². The van der Waals surface area contributed by atoms with Crippen LogP contribution in [0.25, 0.3) is 0 Å². The molecule has 0 atom stereocenters. The fourth-order valence-electron chi connectivity index (χ4n) is 1.83. The maximum absolute atomic E-state index is 12.5. The van der Waals surface area contributed by atoms with E-state index in [1.807, 2.05) is 17.5 Å². The number of hydrogen-bond acceptors (Lipinski definition) is 4. The number of hydrogen-bond donors (Lipinski definition) is 1. The van der Waals surface area contributed by atoms with E-state index in [1.54, 1.807) is 35.4 Å². The quantitative estimate of drug-likeness (QED) is 0.877. The van der Waals surface area contributed by atoms with E-state index in [2.05, 4.69) is 17.2 Å². The number of nitrogens with zero attached hydrogens (tertiary/aromatic N) is 2. The number of pyridine rings is 1. The number of rotatable bonds is 6. The van der Waals surface area contributed by atoms with Crippen molar-refractivity contribution in [2.45, 2.75) is 19.9 Å². The zero-order chi connectivity index (χ0) is 15.2. The van der Waals surface area contributed by atoms with Crippen molar-refractivity contribution in [3.05, 3.63) is 45.2 Å². The largest absolute Gasteiger partial charge is 0.370 e. The summed E-state index contributed by atoms with van der Waals surface area (Å²) in [7, 11) is 1.76. The summed E-state index contributed by atoms with van der Waals surface area (Å²) in [6.45, 7) is 3.44. The van der Waals surface area contributed by atoms with Crippen LogP contribution in [-0.2, 0) is 6.54 Å². The summed E-state index contributed by atoms with van der Waals surface area (Å²) in [6.07, 6.45) is 0.992. The average Bonchev–Trinajstić information content (AvgIpc) is 2.98. The van der Waals surface area contributed by atoms with Gasteiger partial charge in [0.1, 0.15) is 11.5 Å². The van der Waals surface area contributed by atoms with Crippen molar-refractivity contribution in [2.75, 3.05) is 18.9 Å². The van der Waals surface area contributed by atoms with Gasteiger partial charge in [0.25, 0.3) is 5.91 Å². The lowest BCUT2D eigenvalue weighted by molar-refractivity contribution is 0.0781. The van der Waals surface area contributed by atoms with Gasteiger partial charge in [0.15, 0.2) is 0 Å². The predicted octanol–water partition coefficient (Wildman–Crippen LogP) is 3.89. The van der Waals surface area contributed by atoms with Gasteiger partial charge in [-0.15, -0.1) is 11.3 Å². The minimum absolute atomic E-state index is 0.173. The lowest BCUT2D eigenvalue weighted by Crippen LogP contribution is -2.27. The van der Waals surface area contributed by atoms with Crippen LogP contribution in [0, 0.1) is 0 Å². The molecule has 0 radical (unpaired) electrons. The first-order chi connectivity index (χ1) is 10.1. The van der Waals surface area contributed by atoms with Crippen molar-refractivity contribution >= 4 is 34.7 Å². The van der Waals surface area contributed by atoms with Gasteiger partial charge in [-0.2, -0.15) is 0 Å². The Labute approximate surface area is 133 Å². The topological polar surface area (TPSA) is 45.2 Å². The molecule has 0 aliphatic carbocycles. The monoisotopic (exact) mass is 323 g/mol. The number of anilines is 1. The van der Waals surface area contributed by atoms with Crippen molar-refractivity contribution in [3.63, 3.8) is 0 Å². The Morgan fingerprint density at radius 2 is 2.24 bits per heavy atom. The molecule has 2 aromatic rings. The van der Waals surface area contributed by atoms with Crippen LogP contribution in [0.4, 0.5) is 5.82 Å². The second-order valence-electron chi connectivity index (χ2n) is 4.69. The third-order valence-corrected chi connectivity index (χ3v) is 4.09. The number of carbonyl (C=O) groups excluding carboxylic acids is 1. The van der Waals surface area contributed by atoms with Gasteiger partial charge in [0.05, 0.1) is 11.6 Å². The molecule has 0 saturated carbocycles. The van der Waals surface area contributed by atoms with Crippen LogP contribution in [0.2, 0.25) is 5.02 Å². The zero-order valence-electron chi connectivity index (χ0n) is 12.1. The fourth-order valence-corrected chi connectivity index (χ4v) is 2.78. The van der Waals surface area contributed by atoms with E-state index in [-0.39, 0.29) is 11.6 Å². The number of nitrogens with one attached hydrogen (secondary N) is 1. The summed E-state index contributed by atoms with van der Waals surface area (Å²) >= 11 is 7.74. The summed E-state index contributed by atoms with van der Waals surface area (Å²) in [4.78, 5) is 19.6. The normalized spacial score (nSPS) is 10.4. The van der Waals surface area contributed by atoms with Crippen molar-refractivity contribution in [1.82, 2.24) is 9.88 Å². The first-order valence-corrected chi connectivity index (χ1v) is 8.06. The molecule has 0 aliphatic heterocycles. The Kier molecular flexibility index (Phi) is 5.59. The fraction of sp³-hybridized carbons (Fsp3) is 0.333. The highest BCUT2D eigenvalue weighted by Gasteiger charge is 2.18. The van der Waals surface area contributed by atoms with E-state index in [0.29, 0.717) is 17.4 Å². The third-order valence-electron chi connectivity index (χ3n) is 2.92. The van der Waals surface area contributed by atoms with Crippen molar-refractivity contribution in [3.8, 4) is 0 Å². The lowest BCUT2D eigenvalue weighted by atomic mass is 10.3. The molecule has 21 heavy (non-hydrogen) atoms. The molecule has 0 unspecified atom stereocenters. The molecule has 1 amide bonds. The molecule has 0 aliphatic rings. The highest BCUT2D eigenvalue weighted by atomic mass is 35.5. The number of thiophene rings is 1. The summed E-state index contributed by atoms with van der Waals surface area (Å²) in [5.74, 6) is 0.502. The van der Waals surface area contributed by atoms with Crippen LogP contribution in [0.15, 0.2) is 29.6 Å². The molecule has 2 aromatic heterocycles. The molecule has 0 spiro atoms. The molecule has 0 saturated heterocycles. The highest BCUT2D eigenvalue weighted by Crippen LogP contribution is 2.20. The van der Waals surface area contributed by atoms with Crippen LogP contribution >= 0.6 is 22.9 Å². The molecule has 2 heterocycles. The van der Waals surface area contributed by atoms with E-state index in [0.717, 1.165) is 17.8 Å². The van der Waals surface area contributed by atoms with Crippen LogP contribution < -0.4 is 5.32 Å². The van der Waals surface area contributed by atoms with E-state index < -0.39 is 0 Å². The van der Waals surface area contributed by atoms with E-state index in [1.165, 1.54) is 0 Å². The molecule has 112 valence electrons.